The molecule has 0 spiro atoms. The third-order valence-electron chi connectivity index (χ3n) is 4.76. The molecular formula is C26H24O6. The molecule has 0 aliphatic heterocycles. The highest BCUT2D eigenvalue weighted by molar-refractivity contribution is 6.09. The molecule has 6 nitrogen and oxygen atoms in total. The lowest BCUT2D eigenvalue weighted by molar-refractivity contribution is -0.145. The van der Waals surface area contributed by atoms with Crippen LogP contribution in [0.25, 0.3) is 22.3 Å². The molecule has 1 atom stereocenters. The molecule has 4 aromatic rings. The van der Waals surface area contributed by atoms with Gasteiger partial charge in [-0.3, -0.25) is 0 Å². The van der Waals surface area contributed by atoms with Crippen molar-refractivity contribution < 1.29 is 28.6 Å². The number of rotatable bonds is 7. The molecule has 0 radical (unpaired) electrons. The monoisotopic (exact) mass is 432 g/mol. The predicted octanol–water partition coefficient (Wildman–Crippen LogP) is 6.12. The number of carboxylic acid groups (broad SMARTS) is 1. The van der Waals surface area contributed by atoms with Gasteiger partial charge in [0.25, 0.3) is 0 Å². The summed E-state index contributed by atoms with van der Waals surface area (Å²) in [7, 11) is 0. The minimum atomic E-state index is -1.19. The summed E-state index contributed by atoms with van der Waals surface area (Å²) in [5.41, 5.74) is 2.00. The second-order valence-corrected chi connectivity index (χ2v) is 6.80. The number of carboxylic acids is 1. The Morgan fingerprint density at radius 2 is 1.62 bits per heavy atom. The van der Waals surface area contributed by atoms with Crippen LogP contribution in [0.3, 0.4) is 0 Å². The van der Waals surface area contributed by atoms with E-state index in [1.54, 1.807) is 55.5 Å². The van der Waals surface area contributed by atoms with E-state index in [1.165, 1.54) is 0 Å². The molecule has 1 unspecified atom stereocenters. The van der Waals surface area contributed by atoms with Crippen LogP contribution >= 0.6 is 0 Å². The number of carbonyl (C=O) groups excluding carboxylic acids is 1. The zero-order chi connectivity index (χ0) is 21.8. The number of hydrogen-bond donors (Lipinski definition) is 1. The van der Waals surface area contributed by atoms with Gasteiger partial charge in [0.1, 0.15) is 22.7 Å². The number of esters is 1. The molecule has 0 saturated heterocycles. The highest BCUT2D eigenvalue weighted by atomic mass is 16.5. The van der Waals surface area contributed by atoms with Gasteiger partial charge in [0.15, 0.2) is 0 Å². The van der Waals surface area contributed by atoms with Crippen molar-refractivity contribution in [3.05, 3.63) is 90.0 Å². The summed E-state index contributed by atoms with van der Waals surface area (Å²) in [4.78, 5) is 24.6. The molecular weight excluding hydrogens is 408 g/mol. The Bertz CT molecular complexity index is 1210. The van der Waals surface area contributed by atoms with Gasteiger partial charge in [-0.15, -0.1) is 0 Å². The number of hydrogen-bond acceptors (Lipinski definition) is 5. The first-order valence-corrected chi connectivity index (χ1v) is 9.82. The van der Waals surface area contributed by atoms with Gasteiger partial charge in [0.2, 0.25) is 6.10 Å². The Balaban J connectivity index is 0.00000289. The van der Waals surface area contributed by atoms with E-state index in [-0.39, 0.29) is 19.6 Å². The van der Waals surface area contributed by atoms with Crippen LogP contribution in [0.1, 0.15) is 36.4 Å². The van der Waals surface area contributed by atoms with Gasteiger partial charge < -0.3 is 19.0 Å². The summed E-state index contributed by atoms with van der Waals surface area (Å²) in [6.45, 7) is 1.94. The standard InChI is InChI=1S/C25H20O6.CH4/c1-2-29-25(28)21-19-15-18(30-23(24(26)27)17-11-7-4-8-12-17)13-14-20(19)31-22(21)16-9-5-3-6-10-16;/h3-15,23H,2H2,1H3,(H,26,27);1H4. The third kappa shape index (κ3) is 4.49. The minimum absolute atomic E-state index is 0. The summed E-state index contributed by atoms with van der Waals surface area (Å²) < 4.78 is 17.0. The molecule has 0 amide bonds. The molecule has 0 fully saturated rings. The van der Waals surface area contributed by atoms with Crippen molar-refractivity contribution in [2.75, 3.05) is 6.61 Å². The first-order chi connectivity index (χ1) is 15.1. The lowest BCUT2D eigenvalue weighted by atomic mass is 10.1. The van der Waals surface area contributed by atoms with Crippen LogP contribution in [0.2, 0.25) is 0 Å². The van der Waals surface area contributed by atoms with Crippen molar-refractivity contribution in [3.63, 3.8) is 0 Å². The van der Waals surface area contributed by atoms with Gasteiger partial charge in [-0.05, 0) is 25.1 Å². The van der Waals surface area contributed by atoms with Crippen LogP contribution < -0.4 is 4.74 Å². The fourth-order valence-corrected chi connectivity index (χ4v) is 3.37. The van der Waals surface area contributed by atoms with E-state index in [0.29, 0.717) is 28.0 Å². The topological polar surface area (TPSA) is 86.0 Å². The summed E-state index contributed by atoms with van der Waals surface area (Å²) in [6, 6.07) is 22.8. The molecule has 0 aliphatic carbocycles. The average molecular weight is 432 g/mol. The molecule has 0 saturated carbocycles. The largest absolute Gasteiger partial charge is 0.478 e. The highest BCUT2D eigenvalue weighted by Gasteiger charge is 2.25. The van der Waals surface area contributed by atoms with Crippen molar-refractivity contribution in [2.45, 2.75) is 20.5 Å². The van der Waals surface area contributed by atoms with Crippen LogP contribution in [-0.2, 0) is 9.53 Å². The molecule has 1 N–H and O–H groups in total. The second kappa shape index (κ2) is 9.83. The zero-order valence-electron chi connectivity index (χ0n) is 16.8. The first kappa shape index (κ1) is 22.6. The van der Waals surface area contributed by atoms with E-state index in [2.05, 4.69) is 0 Å². The molecule has 0 aliphatic rings. The summed E-state index contributed by atoms with van der Waals surface area (Å²) in [6.07, 6.45) is -1.19. The number of aliphatic carboxylic acids is 1. The normalized spacial score (nSPS) is 11.4. The number of fused-ring (bicyclic) bond motifs is 1. The third-order valence-corrected chi connectivity index (χ3v) is 4.76. The van der Waals surface area contributed by atoms with Gasteiger partial charge in [0.05, 0.1) is 6.61 Å². The quantitative estimate of drug-likeness (QED) is 0.354. The van der Waals surface area contributed by atoms with Crippen LogP contribution in [-0.4, -0.2) is 23.7 Å². The van der Waals surface area contributed by atoms with Gasteiger partial charge in [-0.1, -0.05) is 68.1 Å². The Morgan fingerprint density at radius 3 is 2.25 bits per heavy atom. The van der Waals surface area contributed by atoms with E-state index in [1.807, 2.05) is 30.3 Å². The Labute approximate surface area is 186 Å². The van der Waals surface area contributed by atoms with Crippen LogP contribution in [0.15, 0.2) is 83.3 Å². The molecule has 1 aromatic heterocycles. The molecule has 1 heterocycles. The number of ether oxygens (including phenoxy) is 2. The Morgan fingerprint density at radius 1 is 0.969 bits per heavy atom. The van der Waals surface area contributed by atoms with Crippen LogP contribution in [0, 0.1) is 0 Å². The summed E-state index contributed by atoms with van der Waals surface area (Å²) >= 11 is 0. The highest BCUT2D eigenvalue weighted by Crippen LogP contribution is 2.37. The van der Waals surface area contributed by atoms with Crippen molar-refractivity contribution >= 4 is 22.9 Å². The van der Waals surface area contributed by atoms with Gasteiger partial charge in [-0.2, -0.15) is 0 Å². The first-order valence-electron chi connectivity index (χ1n) is 9.82. The van der Waals surface area contributed by atoms with E-state index in [4.69, 9.17) is 13.9 Å². The van der Waals surface area contributed by atoms with Crippen molar-refractivity contribution in [1.82, 2.24) is 0 Å². The number of carbonyl (C=O) groups is 2. The minimum Gasteiger partial charge on any atom is -0.478 e. The molecule has 3 aromatic carbocycles. The molecule has 164 valence electrons. The van der Waals surface area contributed by atoms with Crippen LogP contribution in [0.5, 0.6) is 5.75 Å². The molecule has 0 bridgehead atoms. The Kier molecular flexibility index (Phi) is 6.95. The fraction of sp³-hybridized carbons (Fsp3) is 0.154. The number of benzene rings is 3. The van der Waals surface area contributed by atoms with Gasteiger partial charge in [0, 0.05) is 16.5 Å². The summed E-state index contributed by atoms with van der Waals surface area (Å²) in [5, 5.41) is 10.1. The van der Waals surface area contributed by atoms with E-state index in [0.717, 1.165) is 5.56 Å². The zero-order valence-corrected chi connectivity index (χ0v) is 16.8. The van der Waals surface area contributed by atoms with Crippen molar-refractivity contribution in [3.8, 4) is 17.1 Å². The molecule has 6 heteroatoms. The van der Waals surface area contributed by atoms with Crippen molar-refractivity contribution in [1.29, 1.82) is 0 Å². The maximum absolute atomic E-state index is 12.8. The predicted molar refractivity (Wildman–Crippen MR) is 122 cm³/mol. The van der Waals surface area contributed by atoms with Crippen LogP contribution in [0.4, 0.5) is 0 Å². The summed E-state index contributed by atoms with van der Waals surface area (Å²) in [5.74, 6) is -0.942. The van der Waals surface area contributed by atoms with E-state index >= 15 is 0 Å². The maximum Gasteiger partial charge on any atom is 0.349 e. The van der Waals surface area contributed by atoms with Gasteiger partial charge in [-0.25, -0.2) is 9.59 Å². The molecule has 4 rings (SSSR count). The van der Waals surface area contributed by atoms with E-state index in [9.17, 15) is 14.7 Å². The molecule has 32 heavy (non-hydrogen) atoms. The van der Waals surface area contributed by atoms with Crippen molar-refractivity contribution in [2.24, 2.45) is 0 Å². The Hall–Kier alpha value is -4.06. The lowest BCUT2D eigenvalue weighted by Crippen LogP contribution is -2.18. The van der Waals surface area contributed by atoms with E-state index < -0.39 is 18.0 Å². The lowest BCUT2D eigenvalue weighted by Gasteiger charge is -2.15. The maximum atomic E-state index is 12.8. The second-order valence-electron chi connectivity index (χ2n) is 6.80. The SMILES string of the molecule is C.CCOC(=O)c1c(-c2ccccc2)oc2ccc(OC(C(=O)O)c3ccccc3)cc12. The smallest absolute Gasteiger partial charge is 0.349 e. The fourth-order valence-electron chi connectivity index (χ4n) is 3.37. The number of furan rings is 1. The average Bonchev–Trinajstić information content (AvgIpc) is 3.17. The van der Waals surface area contributed by atoms with Gasteiger partial charge >= 0.3 is 11.9 Å².